The predicted octanol–water partition coefficient (Wildman–Crippen LogP) is 5.67. The average Bonchev–Trinajstić information content (AvgIpc) is 3.40. The van der Waals surface area contributed by atoms with Crippen LogP contribution in [0.25, 0.3) is 0 Å². The second kappa shape index (κ2) is 14.3. The molecule has 0 radical (unpaired) electrons. The van der Waals surface area contributed by atoms with Gasteiger partial charge in [0.05, 0.1) is 54.2 Å². The number of nitrogens with zero attached hydrogens (tertiary/aromatic N) is 5. The van der Waals surface area contributed by atoms with E-state index in [1.807, 2.05) is 59.6 Å². The Bertz CT molecular complexity index is 2500. The van der Waals surface area contributed by atoms with Gasteiger partial charge in [0.25, 0.3) is 11.8 Å². The summed E-state index contributed by atoms with van der Waals surface area (Å²) >= 11 is 0. The molecule has 0 saturated heterocycles. The standard InChI is InChI=1S/C44H40N6O7/c1-48-36-19-41(39(55-3)17-34(36)43(52)50-22-28-13-29(45)12-11-26(28)15-37(50)44(48)53)57-24-31-10-6-9-30(47-31)23-56-40-18-35-33(16-38(40)54-2)42(51)49-21-27-8-5-4-7-25(27)14-32(49)20-46-35/h4-13,16-20,32,37H,14-15,21-24,45H2,1-3H3/t32-,37?/m0/s1. The first-order valence-electron chi connectivity index (χ1n) is 18.7. The zero-order chi connectivity index (χ0) is 39.4. The van der Waals surface area contributed by atoms with Crippen molar-refractivity contribution in [2.45, 2.75) is 51.2 Å². The SMILES string of the molecule is COc1cc2c(cc1OCc1cccc(COc3cc4c(cc3OC)C(=O)N3Cc5cc(N)ccc5CC3C(=O)N4C)n1)N=C[C@@H]1Cc3ccccc3CN1C2=O. The Morgan fingerprint density at radius 2 is 1.33 bits per heavy atom. The van der Waals surface area contributed by atoms with Gasteiger partial charge in [0.2, 0.25) is 5.91 Å². The van der Waals surface area contributed by atoms with Gasteiger partial charge >= 0.3 is 0 Å². The van der Waals surface area contributed by atoms with E-state index in [2.05, 4.69) is 12.1 Å². The van der Waals surface area contributed by atoms with Gasteiger partial charge in [-0.25, -0.2) is 0 Å². The lowest BCUT2D eigenvalue weighted by molar-refractivity contribution is -0.123. The molecule has 57 heavy (non-hydrogen) atoms. The molecule has 5 aromatic rings. The molecule has 0 spiro atoms. The van der Waals surface area contributed by atoms with E-state index >= 15 is 0 Å². The number of fused-ring (bicyclic) bond motifs is 6. The van der Waals surface area contributed by atoms with Gasteiger partial charge < -0.3 is 39.4 Å². The molecule has 0 saturated carbocycles. The number of likely N-dealkylation sites (N-methyl/N-ethyl adjacent to an activating group) is 1. The van der Waals surface area contributed by atoms with Crippen molar-refractivity contribution < 1.29 is 33.3 Å². The first-order chi connectivity index (χ1) is 27.7. The van der Waals surface area contributed by atoms with Gasteiger partial charge in [-0.05, 0) is 65.1 Å². The lowest BCUT2D eigenvalue weighted by atomic mass is 9.92. The summed E-state index contributed by atoms with van der Waals surface area (Å²) in [5.74, 6) is 0.972. The monoisotopic (exact) mass is 764 g/mol. The molecule has 9 rings (SSSR count). The van der Waals surface area contributed by atoms with Crippen LogP contribution in [0.5, 0.6) is 23.0 Å². The Morgan fingerprint density at radius 3 is 2.07 bits per heavy atom. The average molecular weight is 765 g/mol. The van der Waals surface area contributed by atoms with Crippen molar-refractivity contribution in [3.63, 3.8) is 0 Å². The molecule has 3 amide bonds. The van der Waals surface area contributed by atoms with Crippen LogP contribution in [0.4, 0.5) is 17.1 Å². The highest BCUT2D eigenvalue weighted by Crippen LogP contribution is 2.41. The quantitative estimate of drug-likeness (QED) is 0.198. The summed E-state index contributed by atoms with van der Waals surface area (Å²) in [6, 6.07) is 25.2. The number of pyridine rings is 1. The number of anilines is 2. The van der Waals surface area contributed by atoms with E-state index in [-0.39, 0.29) is 43.5 Å². The highest BCUT2D eigenvalue weighted by Gasteiger charge is 2.42. The third-order valence-corrected chi connectivity index (χ3v) is 11.2. The van der Waals surface area contributed by atoms with Crippen molar-refractivity contribution in [2.75, 3.05) is 31.9 Å². The van der Waals surface area contributed by atoms with E-state index in [4.69, 9.17) is 34.7 Å². The van der Waals surface area contributed by atoms with Crippen molar-refractivity contribution in [2.24, 2.45) is 4.99 Å². The highest BCUT2D eigenvalue weighted by molar-refractivity contribution is 6.11. The maximum Gasteiger partial charge on any atom is 0.257 e. The van der Waals surface area contributed by atoms with Gasteiger partial charge in [0.1, 0.15) is 19.3 Å². The molecule has 13 nitrogen and oxygen atoms in total. The topological polar surface area (TPSA) is 149 Å². The lowest BCUT2D eigenvalue weighted by Crippen LogP contribution is -2.50. The van der Waals surface area contributed by atoms with Crippen molar-refractivity contribution >= 4 is 41.0 Å². The normalized spacial score (nSPS) is 17.9. The van der Waals surface area contributed by atoms with Crippen molar-refractivity contribution in [3.8, 4) is 23.0 Å². The smallest absolute Gasteiger partial charge is 0.257 e. The number of carbonyl (C=O) groups excluding carboxylic acids is 3. The van der Waals surface area contributed by atoms with Crippen LogP contribution in [0.1, 0.15) is 54.4 Å². The Balaban J connectivity index is 0.911. The van der Waals surface area contributed by atoms with E-state index in [1.165, 1.54) is 24.7 Å². The van der Waals surface area contributed by atoms with Crippen LogP contribution in [-0.4, -0.2) is 72.1 Å². The van der Waals surface area contributed by atoms with Gasteiger partial charge in [0.15, 0.2) is 23.0 Å². The number of nitrogen functional groups attached to an aromatic ring is 1. The first-order valence-corrected chi connectivity index (χ1v) is 18.7. The van der Waals surface area contributed by atoms with Gasteiger partial charge in [-0.3, -0.25) is 24.4 Å². The zero-order valence-electron chi connectivity index (χ0n) is 31.7. The Morgan fingerprint density at radius 1 is 0.684 bits per heavy atom. The van der Waals surface area contributed by atoms with Gasteiger partial charge in [-0.1, -0.05) is 36.4 Å². The molecular weight excluding hydrogens is 725 g/mol. The number of carbonyl (C=O) groups is 3. The largest absolute Gasteiger partial charge is 0.493 e. The van der Waals surface area contributed by atoms with E-state index in [0.717, 1.165) is 16.7 Å². The molecule has 5 heterocycles. The molecule has 4 aromatic carbocycles. The minimum atomic E-state index is -0.655. The summed E-state index contributed by atoms with van der Waals surface area (Å²) in [7, 11) is 4.71. The zero-order valence-corrected chi connectivity index (χ0v) is 31.7. The fraction of sp³-hybridized carbons (Fsp3) is 0.250. The molecule has 0 bridgehead atoms. The molecule has 13 heteroatoms. The number of hydrogen-bond acceptors (Lipinski definition) is 10. The molecule has 4 aliphatic rings. The minimum Gasteiger partial charge on any atom is -0.493 e. The maximum atomic E-state index is 14.0. The number of aromatic nitrogens is 1. The number of amides is 3. The fourth-order valence-corrected chi connectivity index (χ4v) is 8.12. The highest BCUT2D eigenvalue weighted by atomic mass is 16.5. The minimum absolute atomic E-state index is 0.0700. The molecule has 288 valence electrons. The summed E-state index contributed by atoms with van der Waals surface area (Å²) < 4.78 is 23.8. The van der Waals surface area contributed by atoms with Crippen LogP contribution in [0.2, 0.25) is 0 Å². The van der Waals surface area contributed by atoms with Gasteiger partial charge in [-0.15, -0.1) is 0 Å². The molecule has 0 aliphatic carbocycles. The van der Waals surface area contributed by atoms with E-state index in [1.54, 1.807) is 36.2 Å². The van der Waals surface area contributed by atoms with Crippen molar-refractivity contribution in [1.29, 1.82) is 0 Å². The molecule has 2 N–H and O–H groups in total. The number of ether oxygens (including phenoxy) is 4. The summed E-state index contributed by atoms with van der Waals surface area (Å²) in [6.07, 6.45) is 2.94. The molecule has 1 unspecified atom stereocenters. The third-order valence-electron chi connectivity index (χ3n) is 11.2. The van der Waals surface area contributed by atoms with Crippen LogP contribution in [0.3, 0.4) is 0 Å². The number of rotatable bonds is 8. The second-order valence-corrected chi connectivity index (χ2v) is 14.6. The lowest BCUT2D eigenvalue weighted by Gasteiger charge is -2.35. The fourth-order valence-electron chi connectivity index (χ4n) is 8.12. The van der Waals surface area contributed by atoms with Crippen molar-refractivity contribution in [1.82, 2.24) is 14.8 Å². The molecule has 0 fully saturated rings. The molecular formula is C44H40N6O7. The second-order valence-electron chi connectivity index (χ2n) is 14.6. The van der Waals surface area contributed by atoms with Crippen molar-refractivity contribution in [3.05, 3.63) is 130 Å². The number of benzene rings is 4. The van der Waals surface area contributed by atoms with Gasteiger partial charge in [0, 0.05) is 50.6 Å². The van der Waals surface area contributed by atoms with E-state index < -0.39 is 6.04 Å². The summed E-state index contributed by atoms with van der Waals surface area (Å²) in [5, 5.41) is 0. The van der Waals surface area contributed by atoms with Gasteiger partial charge in [-0.2, -0.15) is 0 Å². The molecule has 1 aromatic heterocycles. The number of aliphatic imine (C=N–C) groups is 1. The summed E-state index contributed by atoms with van der Waals surface area (Å²) in [5.41, 5.74) is 13.9. The van der Waals surface area contributed by atoms with Crippen LogP contribution in [-0.2, 0) is 43.9 Å². The maximum absolute atomic E-state index is 14.0. The molecule has 2 atom stereocenters. The molecule has 4 aliphatic heterocycles. The van der Waals surface area contributed by atoms with Crippen LogP contribution >= 0.6 is 0 Å². The third kappa shape index (κ3) is 6.44. The van der Waals surface area contributed by atoms with Crippen LogP contribution < -0.4 is 29.6 Å². The number of nitrogens with two attached hydrogens (primary N) is 1. The summed E-state index contributed by atoms with van der Waals surface area (Å²) in [4.78, 5) is 56.1. The Labute approximate surface area is 329 Å². The van der Waals surface area contributed by atoms with E-state index in [0.29, 0.717) is 82.0 Å². The summed E-state index contributed by atoms with van der Waals surface area (Å²) in [6.45, 7) is 0.964. The Hall–Kier alpha value is -6.89. The van der Waals surface area contributed by atoms with E-state index in [9.17, 15) is 14.4 Å². The Kier molecular flexibility index (Phi) is 8.99. The number of hydrogen-bond donors (Lipinski definition) is 1. The first kappa shape index (κ1) is 35.8. The number of methoxy groups -OCH3 is 2. The van der Waals surface area contributed by atoms with Crippen LogP contribution in [0, 0.1) is 0 Å². The van der Waals surface area contributed by atoms with Crippen LogP contribution in [0.15, 0.2) is 89.9 Å². The predicted molar refractivity (Wildman–Crippen MR) is 212 cm³/mol.